The molecule has 3 fully saturated rings. The molecule has 1 aromatic heterocycles. The van der Waals surface area contributed by atoms with E-state index in [1.165, 1.54) is 36.1 Å². The van der Waals surface area contributed by atoms with Crippen LogP contribution in [0.15, 0.2) is 40.8 Å². The second-order valence-electron chi connectivity index (χ2n) is 11.2. The highest BCUT2D eigenvalue weighted by atomic mass is 32.1. The van der Waals surface area contributed by atoms with Gasteiger partial charge in [-0.15, -0.1) is 11.3 Å². The Balaban J connectivity index is 1.37. The molecular formula is C28H42O4S. The first-order valence-electron chi connectivity index (χ1n) is 12.9. The molecule has 0 saturated heterocycles. The van der Waals surface area contributed by atoms with Gasteiger partial charge in [-0.2, -0.15) is 0 Å². The molecule has 3 saturated carbocycles. The average molecular weight is 475 g/mol. The Kier molecular flexibility index (Phi) is 8.18. The molecule has 3 aliphatic carbocycles. The Labute approximate surface area is 203 Å². The van der Waals surface area contributed by atoms with Crippen molar-refractivity contribution in [3.05, 3.63) is 45.7 Å². The molecule has 4 N–H and O–H groups in total. The number of fused-ring (bicyclic) bond motifs is 1. The van der Waals surface area contributed by atoms with Crippen molar-refractivity contribution in [2.75, 3.05) is 0 Å². The van der Waals surface area contributed by atoms with E-state index in [0.717, 1.165) is 31.3 Å². The van der Waals surface area contributed by atoms with Crippen molar-refractivity contribution < 1.29 is 20.4 Å². The van der Waals surface area contributed by atoms with Gasteiger partial charge in [0.25, 0.3) is 0 Å². The number of allylic oxidation sites excluding steroid dienone is 3. The van der Waals surface area contributed by atoms with Crippen molar-refractivity contribution in [1.82, 2.24) is 0 Å². The van der Waals surface area contributed by atoms with Gasteiger partial charge in [0.05, 0.1) is 18.3 Å². The van der Waals surface area contributed by atoms with E-state index < -0.39 is 18.3 Å². The van der Waals surface area contributed by atoms with Crippen LogP contribution in [-0.4, -0.2) is 44.8 Å². The molecule has 3 aliphatic rings. The Morgan fingerprint density at radius 2 is 1.88 bits per heavy atom. The molecule has 0 spiro atoms. The lowest BCUT2D eigenvalue weighted by Crippen LogP contribution is -2.41. The van der Waals surface area contributed by atoms with Crippen molar-refractivity contribution in [3.8, 4) is 0 Å². The minimum absolute atomic E-state index is 0.246. The van der Waals surface area contributed by atoms with Crippen molar-refractivity contribution in [1.29, 1.82) is 0 Å². The molecule has 0 bridgehead atoms. The zero-order valence-corrected chi connectivity index (χ0v) is 21.0. The zero-order chi connectivity index (χ0) is 23.6. The van der Waals surface area contributed by atoms with E-state index in [0.29, 0.717) is 36.0 Å². The highest BCUT2D eigenvalue weighted by Crippen LogP contribution is 2.59. The van der Waals surface area contributed by atoms with E-state index in [9.17, 15) is 20.4 Å². The second kappa shape index (κ2) is 10.7. The molecule has 184 valence electrons. The van der Waals surface area contributed by atoms with Crippen LogP contribution >= 0.6 is 11.3 Å². The maximum atomic E-state index is 10.5. The Hall–Kier alpha value is -0.980. The normalized spacial score (nSPS) is 37.7. The summed E-state index contributed by atoms with van der Waals surface area (Å²) >= 11 is 1.73. The summed E-state index contributed by atoms with van der Waals surface area (Å²) in [6.07, 6.45) is 11.1. The molecule has 0 radical (unpaired) electrons. The largest absolute Gasteiger partial charge is 0.393 e. The lowest BCUT2D eigenvalue weighted by Gasteiger charge is -2.44. The van der Waals surface area contributed by atoms with E-state index in [4.69, 9.17) is 0 Å². The van der Waals surface area contributed by atoms with Gasteiger partial charge in [0.2, 0.25) is 0 Å². The fourth-order valence-corrected chi connectivity index (χ4v) is 7.89. The summed E-state index contributed by atoms with van der Waals surface area (Å²) in [5, 5.41) is 42.5. The number of aliphatic hydroxyl groups is 4. The standard InChI is InChI=1S/C28H42O4S/c1-18(7-10-21(29)17-22-6-4-14-33-22)23-11-12-24-20(5-3-13-28(23,24)2)9-8-19-15-25(30)27(32)26(31)16-19/h4,6,8-9,14,18,21,23-27,29-32H,3,5,7,10-13,15-17H2,1-2H3/b19-8?,20-9+/t18-,21?,23-,24+,25-,26-,27?,28-/m1/s1. The molecule has 0 aliphatic heterocycles. The van der Waals surface area contributed by atoms with Crippen LogP contribution in [0.1, 0.15) is 76.5 Å². The average Bonchev–Trinajstić information content (AvgIpc) is 3.41. The minimum Gasteiger partial charge on any atom is -0.393 e. The van der Waals surface area contributed by atoms with Gasteiger partial charge in [0, 0.05) is 11.3 Å². The van der Waals surface area contributed by atoms with Crippen LogP contribution in [0.5, 0.6) is 0 Å². The molecule has 0 aromatic carbocycles. The molecular weight excluding hydrogens is 432 g/mol. The zero-order valence-electron chi connectivity index (χ0n) is 20.2. The summed E-state index contributed by atoms with van der Waals surface area (Å²) in [4.78, 5) is 1.27. The summed E-state index contributed by atoms with van der Waals surface area (Å²) in [7, 11) is 0. The summed E-state index contributed by atoms with van der Waals surface area (Å²) < 4.78 is 0. The summed E-state index contributed by atoms with van der Waals surface area (Å²) in [6.45, 7) is 4.89. The monoisotopic (exact) mass is 474 g/mol. The highest BCUT2D eigenvalue weighted by Gasteiger charge is 2.50. The van der Waals surface area contributed by atoms with Crippen molar-refractivity contribution >= 4 is 11.3 Å². The first-order chi connectivity index (χ1) is 15.8. The van der Waals surface area contributed by atoms with Gasteiger partial charge < -0.3 is 20.4 Å². The third-order valence-corrected chi connectivity index (χ3v) is 9.86. The maximum absolute atomic E-state index is 10.5. The van der Waals surface area contributed by atoms with Gasteiger partial charge in [0.15, 0.2) is 0 Å². The Morgan fingerprint density at radius 1 is 1.12 bits per heavy atom. The topological polar surface area (TPSA) is 80.9 Å². The highest BCUT2D eigenvalue weighted by molar-refractivity contribution is 7.09. The Morgan fingerprint density at radius 3 is 2.58 bits per heavy atom. The quantitative estimate of drug-likeness (QED) is 0.448. The maximum Gasteiger partial charge on any atom is 0.106 e. The Bertz CT molecular complexity index is 817. The van der Waals surface area contributed by atoms with Gasteiger partial charge in [-0.05, 0) is 92.4 Å². The second-order valence-corrected chi connectivity index (χ2v) is 12.2. The summed E-state index contributed by atoms with van der Waals surface area (Å²) in [5.41, 5.74) is 2.88. The van der Waals surface area contributed by atoms with Crippen LogP contribution in [0.3, 0.4) is 0 Å². The first kappa shape index (κ1) is 25.1. The number of hydrogen-bond donors (Lipinski definition) is 4. The third-order valence-electron chi connectivity index (χ3n) is 8.96. The van der Waals surface area contributed by atoms with Crippen LogP contribution in [-0.2, 0) is 6.42 Å². The van der Waals surface area contributed by atoms with Crippen molar-refractivity contribution in [2.24, 2.45) is 23.2 Å². The van der Waals surface area contributed by atoms with Crippen LogP contribution in [0.2, 0.25) is 0 Å². The van der Waals surface area contributed by atoms with Crippen LogP contribution in [0, 0.1) is 23.2 Å². The van der Waals surface area contributed by atoms with E-state index in [1.807, 2.05) is 0 Å². The fourth-order valence-electron chi connectivity index (χ4n) is 7.11. The number of rotatable bonds is 7. The summed E-state index contributed by atoms with van der Waals surface area (Å²) in [6, 6.07) is 4.17. The molecule has 33 heavy (non-hydrogen) atoms. The molecule has 4 nitrogen and oxygen atoms in total. The first-order valence-corrected chi connectivity index (χ1v) is 13.8. The van der Waals surface area contributed by atoms with Crippen LogP contribution in [0.25, 0.3) is 0 Å². The molecule has 7 atom stereocenters. The molecule has 4 rings (SSSR count). The van der Waals surface area contributed by atoms with Crippen LogP contribution in [0.4, 0.5) is 0 Å². The molecule has 5 heteroatoms. The van der Waals surface area contributed by atoms with E-state index in [-0.39, 0.29) is 6.10 Å². The van der Waals surface area contributed by atoms with E-state index in [2.05, 4.69) is 43.5 Å². The van der Waals surface area contributed by atoms with E-state index in [1.54, 1.807) is 11.3 Å². The third kappa shape index (κ3) is 5.65. The van der Waals surface area contributed by atoms with Crippen LogP contribution < -0.4 is 0 Å². The molecule has 1 unspecified atom stereocenters. The number of hydrogen-bond acceptors (Lipinski definition) is 5. The SMILES string of the molecule is C[C@H](CCC(O)Cc1cccs1)[C@H]1CC[C@H]2/C(=C/C=C3C[C@@H](O)C(O)[C@H](O)C3)CCC[C@]12C. The van der Waals surface area contributed by atoms with Gasteiger partial charge in [-0.25, -0.2) is 0 Å². The number of aliphatic hydroxyl groups excluding tert-OH is 4. The number of thiophene rings is 1. The molecule has 0 amide bonds. The van der Waals surface area contributed by atoms with E-state index >= 15 is 0 Å². The minimum atomic E-state index is -1.03. The lowest BCUT2D eigenvalue weighted by atomic mass is 9.60. The van der Waals surface area contributed by atoms with Gasteiger partial charge >= 0.3 is 0 Å². The van der Waals surface area contributed by atoms with Crippen molar-refractivity contribution in [3.63, 3.8) is 0 Å². The predicted octanol–water partition coefficient (Wildman–Crippen LogP) is 5.01. The summed E-state index contributed by atoms with van der Waals surface area (Å²) in [5.74, 6) is 1.91. The lowest BCUT2D eigenvalue weighted by molar-refractivity contribution is -0.0713. The van der Waals surface area contributed by atoms with Gasteiger partial charge in [-0.3, -0.25) is 0 Å². The van der Waals surface area contributed by atoms with Gasteiger partial charge in [-0.1, -0.05) is 43.2 Å². The smallest absolute Gasteiger partial charge is 0.106 e. The molecule has 1 heterocycles. The fraction of sp³-hybridized carbons (Fsp3) is 0.714. The molecule has 1 aromatic rings. The predicted molar refractivity (Wildman–Crippen MR) is 134 cm³/mol. The van der Waals surface area contributed by atoms with Gasteiger partial charge in [0.1, 0.15) is 6.10 Å². The van der Waals surface area contributed by atoms with Crippen molar-refractivity contribution in [2.45, 2.75) is 102 Å².